The summed E-state index contributed by atoms with van der Waals surface area (Å²) >= 11 is 0. The van der Waals surface area contributed by atoms with Crippen LogP contribution < -0.4 is 20.7 Å². The maximum atomic E-state index is 12.1. The van der Waals surface area contributed by atoms with Crippen LogP contribution >= 0.6 is 0 Å². The number of carbonyl (C=O) groups is 2. The summed E-state index contributed by atoms with van der Waals surface area (Å²) in [5, 5.41) is 8.54. The molecule has 0 aliphatic rings. The molecule has 3 rings (SSSR count). The zero-order valence-electron chi connectivity index (χ0n) is 15.4. The molecule has 142 valence electrons. The molecule has 3 aromatic rings. The minimum absolute atomic E-state index is 0.114. The number of amides is 2. The first-order valence-electron chi connectivity index (χ1n) is 8.83. The quantitative estimate of drug-likeness (QED) is 0.569. The van der Waals surface area contributed by atoms with Gasteiger partial charge in [-0.1, -0.05) is 24.3 Å². The fraction of sp³-hybridized carbons (Fsp3) is 0.0909. The van der Waals surface area contributed by atoms with Crippen LogP contribution in [0, 0.1) is 0 Å². The largest absolute Gasteiger partial charge is 0.457 e. The highest BCUT2D eigenvalue weighted by molar-refractivity contribution is 5.95. The van der Waals surface area contributed by atoms with Crippen molar-refractivity contribution in [2.45, 2.75) is 6.92 Å². The molecule has 6 heteroatoms. The molecule has 0 aromatic heterocycles. The Morgan fingerprint density at radius 1 is 0.750 bits per heavy atom. The molecule has 0 bridgehead atoms. The van der Waals surface area contributed by atoms with Crippen LogP contribution in [0.25, 0.3) is 0 Å². The van der Waals surface area contributed by atoms with Gasteiger partial charge in [0.15, 0.2) is 0 Å². The van der Waals surface area contributed by atoms with Crippen LogP contribution in [-0.2, 0) is 9.59 Å². The van der Waals surface area contributed by atoms with Gasteiger partial charge in [-0.25, -0.2) is 0 Å². The van der Waals surface area contributed by atoms with E-state index in [1.165, 1.54) is 6.92 Å². The van der Waals surface area contributed by atoms with Crippen molar-refractivity contribution in [3.05, 3.63) is 78.9 Å². The van der Waals surface area contributed by atoms with Gasteiger partial charge >= 0.3 is 0 Å². The summed E-state index contributed by atoms with van der Waals surface area (Å²) < 4.78 is 5.74. The predicted molar refractivity (Wildman–Crippen MR) is 111 cm³/mol. The molecule has 0 unspecified atom stereocenters. The number of rotatable bonds is 7. The third-order valence-corrected chi connectivity index (χ3v) is 3.75. The fourth-order valence-electron chi connectivity index (χ4n) is 2.53. The van der Waals surface area contributed by atoms with E-state index < -0.39 is 0 Å². The van der Waals surface area contributed by atoms with Gasteiger partial charge in [0.05, 0.1) is 6.54 Å². The van der Waals surface area contributed by atoms with Gasteiger partial charge in [0.2, 0.25) is 11.8 Å². The summed E-state index contributed by atoms with van der Waals surface area (Å²) in [7, 11) is 0. The lowest BCUT2D eigenvalue weighted by molar-refractivity contribution is -0.115. The smallest absolute Gasteiger partial charge is 0.243 e. The zero-order valence-corrected chi connectivity index (χ0v) is 15.4. The lowest BCUT2D eigenvalue weighted by Gasteiger charge is -2.10. The fourth-order valence-corrected chi connectivity index (χ4v) is 2.53. The van der Waals surface area contributed by atoms with Crippen LogP contribution in [0.3, 0.4) is 0 Å². The van der Waals surface area contributed by atoms with Crippen LogP contribution in [-0.4, -0.2) is 18.4 Å². The second-order valence-electron chi connectivity index (χ2n) is 6.10. The zero-order chi connectivity index (χ0) is 19.8. The average molecular weight is 375 g/mol. The van der Waals surface area contributed by atoms with Crippen molar-refractivity contribution in [2.75, 3.05) is 22.5 Å². The number of anilines is 3. The second-order valence-corrected chi connectivity index (χ2v) is 6.10. The van der Waals surface area contributed by atoms with Gasteiger partial charge < -0.3 is 20.7 Å². The van der Waals surface area contributed by atoms with E-state index in [4.69, 9.17) is 4.74 Å². The van der Waals surface area contributed by atoms with E-state index in [0.29, 0.717) is 11.4 Å². The third-order valence-electron chi connectivity index (χ3n) is 3.75. The molecule has 3 N–H and O–H groups in total. The van der Waals surface area contributed by atoms with Crippen molar-refractivity contribution in [1.82, 2.24) is 0 Å². The van der Waals surface area contributed by atoms with Crippen LogP contribution in [0.15, 0.2) is 78.9 Å². The van der Waals surface area contributed by atoms with Gasteiger partial charge in [0.25, 0.3) is 0 Å². The second kappa shape index (κ2) is 9.23. The minimum atomic E-state index is -0.190. The molecule has 2 amide bonds. The van der Waals surface area contributed by atoms with Gasteiger partial charge in [-0.3, -0.25) is 9.59 Å². The molecule has 0 atom stereocenters. The first-order chi connectivity index (χ1) is 13.6. The van der Waals surface area contributed by atoms with Crippen LogP contribution in [0.5, 0.6) is 11.5 Å². The highest BCUT2D eigenvalue weighted by Gasteiger charge is 2.04. The number of hydrogen-bond acceptors (Lipinski definition) is 4. The van der Waals surface area contributed by atoms with Crippen molar-refractivity contribution >= 4 is 28.9 Å². The molecule has 0 saturated carbocycles. The van der Waals surface area contributed by atoms with Crippen LogP contribution in [0.2, 0.25) is 0 Å². The van der Waals surface area contributed by atoms with Crippen LogP contribution in [0.4, 0.5) is 17.1 Å². The highest BCUT2D eigenvalue weighted by atomic mass is 16.5. The Labute approximate surface area is 163 Å². The molecule has 0 heterocycles. The van der Waals surface area contributed by atoms with Gasteiger partial charge in [0, 0.05) is 24.0 Å². The first kappa shape index (κ1) is 19.0. The molecule has 3 aromatic carbocycles. The molecular formula is C22H21N3O3. The number of hydrogen-bond donors (Lipinski definition) is 3. The van der Waals surface area contributed by atoms with Gasteiger partial charge in [-0.2, -0.15) is 0 Å². The monoisotopic (exact) mass is 375 g/mol. The number of para-hydroxylation sites is 1. The molecule has 6 nitrogen and oxygen atoms in total. The van der Waals surface area contributed by atoms with E-state index in [-0.39, 0.29) is 18.4 Å². The predicted octanol–water partition coefficient (Wildman–Crippen LogP) is 4.49. The van der Waals surface area contributed by atoms with Crippen molar-refractivity contribution in [3.63, 3.8) is 0 Å². The van der Waals surface area contributed by atoms with E-state index >= 15 is 0 Å². The van der Waals surface area contributed by atoms with Crippen LogP contribution in [0.1, 0.15) is 6.92 Å². The van der Waals surface area contributed by atoms with Crippen molar-refractivity contribution in [3.8, 4) is 11.5 Å². The van der Waals surface area contributed by atoms with E-state index in [2.05, 4.69) is 16.0 Å². The molecule has 0 aliphatic heterocycles. The highest BCUT2D eigenvalue weighted by Crippen LogP contribution is 2.22. The lowest BCUT2D eigenvalue weighted by atomic mass is 10.2. The third kappa shape index (κ3) is 5.88. The van der Waals surface area contributed by atoms with Crippen molar-refractivity contribution in [1.29, 1.82) is 0 Å². The molecule has 28 heavy (non-hydrogen) atoms. The average Bonchev–Trinajstić information content (AvgIpc) is 2.68. The van der Waals surface area contributed by atoms with E-state index in [1.807, 2.05) is 54.6 Å². The van der Waals surface area contributed by atoms with Gasteiger partial charge in [-0.05, 0) is 54.6 Å². The number of nitrogens with one attached hydrogen (secondary N) is 3. The summed E-state index contributed by atoms with van der Waals surface area (Å²) in [5.41, 5.74) is 2.06. The Bertz CT molecular complexity index is 941. The van der Waals surface area contributed by atoms with E-state index in [9.17, 15) is 9.59 Å². The van der Waals surface area contributed by atoms with E-state index in [0.717, 1.165) is 17.2 Å². The normalized spacial score (nSPS) is 10.0. The summed E-state index contributed by atoms with van der Waals surface area (Å²) in [4.78, 5) is 23.3. The summed E-state index contributed by atoms with van der Waals surface area (Å²) in [6, 6.07) is 23.9. The Morgan fingerprint density at radius 2 is 1.39 bits per heavy atom. The first-order valence-corrected chi connectivity index (χ1v) is 8.83. The maximum Gasteiger partial charge on any atom is 0.243 e. The Morgan fingerprint density at radius 3 is 2.07 bits per heavy atom. The molecule has 0 radical (unpaired) electrons. The topological polar surface area (TPSA) is 79.5 Å². The Balaban J connectivity index is 1.50. The summed E-state index contributed by atoms with van der Waals surface area (Å²) in [6.07, 6.45) is 0. The van der Waals surface area contributed by atoms with Crippen molar-refractivity contribution < 1.29 is 14.3 Å². The van der Waals surface area contributed by atoms with E-state index in [1.54, 1.807) is 24.3 Å². The SMILES string of the molecule is CC(=O)Nc1cccc(NC(=O)CNc2ccc(Oc3ccccc3)cc2)c1. The lowest BCUT2D eigenvalue weighted by Crippen LogP contribution is -2.21. The number of benzene rings is 3. The number of ether oxygens (including phenoxy) is 1. The standard InChI is InChI=1S/C22H21N3O3/c1-16(26)24-18-6-5-7-19(14-18)25-22(27)15-23-17-10-12-21(13-11-17)28-20-8-3-2-4-9-20/h2-14,23H,15H2,1H3,(H,24,26)(H,25,27). The Hall–Kier alpha value is -3.80. The van der Waals surface area contributed by atoms with Gasteiger partial charge in [-0.15, -0.1) is 0 Å². The summed E-state index contributed by atoms with van der Waals surface area (Å²) in [6.45, 7) is 1.55. The molecule has 0 spiro atoms. The van der Waals surface area contributed by atoms with Crippen molar-refractivity contribution in [2.24, 2.45) is 0 Å². The molecule has 0 saturated heterocycles. The number of carbonyl (C=O) groups excluding carboxylic acids is 2. The maximum absolute atomic E-state index is 12.1. The minimum Gasteiger partial charge on any atom is -0.457 e. The van der Waals surface area contributed by atoms with Gasteiger partial charge in [0.1, 0.15) is 11.5 Å². The molecular weight excluding hydrogens is 354 g/mol. The molecule has 0 aliphatic carbocycles. The Kier molecular flexibility index (Phi) is 6.25. The molecule has 0 fully saturated rings. The summed E-state index contributed by atoms with van der Waals surface area (Å²) in [5.74, 6) is 1.13.